The molecule has 7 nitrogen and oxygen atoms in total. The van der Waals surface area contributed by atoms with Crippen molar-refractivity contribution in [3.63, 3.8) is 0 Å². The van der Waals surface area contributed by atoms with E-state index in [1.807, 2.05) is 0 Å². The fourth-order valence-corrected chi connectivity index (χ4v) is 4.73. The zero-order chi connectivity index (χ0) is 21.1. The lowest BCUT2D eigenvalue weighted by atomic mass is 9.91. The van der Waals surface area contributed by atoms with Crippen LogP contribution < -0.4 is 0 Å². The van der Waals surface area contributed by atoms with E-state index in [1.54, 1.807) is 38.1 Å². The van der Waals surface area contributed by atoms with Crippen molar-refractivity contribution in [2.45, 2.75) is 42.4 Å². The average Bonchev–Trinajstić information content (AvgIpc) is 2.56. The van der Waals surface area contributed by atoms with Gasteiger partial charge in [0.05, 0.1) is 16.4 Å². The lowest BCUT2D eigenvalue weighted by Gasteiger charge is -2.20. The number of aryl methyl sites for hydroxylation is 3. The van der Waals surface area contributed by atoms with Crippen molar-refractivity contribution in [1.29, 1.82) is 0 Å². The molecule has 0 saturated heterocycles. The summed E-state index contributed by atoms with van der Waals surface area (Å²) >= 11 is 0. The minimum absolute atomic E-state index is 0.173. The first-order valence-electron chi connectivity index (χ1n) is 8.57. The summed E-state index contributed by atoms with van der Waals surface area (Å²) in [4.78, 5) is -0.368. The van der Waals surface area contributed by atoms with Crippen LogP contribution in [0.5, 0.6) is 0 Å². The molecule has 0 spiro atoms. The van der Waals surface area contributed by atoms with Gasteiger partial charge in [0.25, 0.3) is 20.2 Å². The summed E-state index contributed by atoms with van der Waals surface area (Å²) < 4.78 is 71.1. The highest BCUT2D eigenvalue weighted by Gasteiger charge is 2.24. The van der Waals surface area contributed by atoms with E-state index >= 15 is 0 Å². The van der Waals surface area contributed by atoms with Gasteiger partial charge < -0.3 is 4.74 Å². The van der Waals surface area contributed by atoms with Crippen molar-refractivity contribution in [3.05, 3.63) is 58.7 Å². The van der Waals surface area contributed by atoms with E-state index in [0.717, 1.165) is 11.1 Å². The Morgan fingerprint density at radius 3 is 1.96 bits per heavy atom. The standard InChI is InChI=1S/C19H24O7S2/c1-13-4-8-18(27(20,21)22)15(10-13)6-7-16(12-26-3)17-11-14(2)5-9-19(17)28(23,24)25/h4-5,8-11,16H,6-7,12H2,1-3H3,(H,20,21,22)(H,23,24,25)/t16-/m0/s1. The molecule has 0 saturated carbocycles. The first-order chi connectivity index (χ1) is 12.9. The molecule has 0 amide bonds. The highest BCUT2D eigenvalue weighted by atomic mass is 32.2. The van der Waals surface area contributed by atoms with Crippen LogP contribution in [0.3, 0.4) is 0 Å². The van der Waals surface area contributed by atoms with Gasteiger partial charge in [0.2, 0.25) is 0 Å². The van der Waals surface area contributed by atoms with Gasteiger partial charge in [0.1, 0.15) is 0 Å². The summed E-state index contributed by atoms with van der Waals surface area (Å²) in [5, 5.41) is 0. The molecule has 2 rings (SSSR count). The molecule has 0 heterocycles. The number of rotatable bonds is 8. The molecule has 0 fully saturated rings. The maximum atomic E-state index is 11.8. The Kier molecular flexibility index (Phi) is 7.00. The van der Waals surface area contributed by atoms with Crippen LogP contribution in [0.25, 0.3) is 0 Å². The molecule has 0 radical (unpaired) electrons. The van der Waals surface area contributed by atoms with Crippen LogP contribution in [0.4, 0.5) is 0 Å². The van der Waals surface area contributed by atoms with E-state index in [-0.39, 0.29) is 22.8 Å². The molecule has 2 aromatic rings. The molecule has 0 aromatic heterocycles. The molecule has 0 bridgehead atoms. The third kappa shape index (κ3) is 5.62. The fraction of sp³-hybridized carbons (Fsp3) is 0.368. The van der Waals surface area contributed by atoms with Crippen molar-refractivity contribution in [2.24, 2.45) is 0 Å². The van der Waals surface area contributed by atoms with E-state index in [2.05, 4.69) is 0 Å². The molecule has 9 heteroatoms. The first kappa shape index (κ1) is 22.5. The summed E-state index contributed by atoms with van der Waals surface area (Å²) in [6, 6.07) is 9.23. The molecule has 2 N–H and O–H groups in total. The van der Waals surface area contributed by atoms with Gasteiger partial charge in [-0.2, -0.15) is 16.8 Å². The van der Waals surface area contributed by atoms with Crippen molar-refractivity contribution in [1.82, 2.24) is 0 Å². The van der Waals surface area contributed by atoms with Crippen molar-refractivity contribution < 1.29 is 30.7 Å². The topological polar surface area (TPSA) is 118 Å². The Labute approximate surface area is 165 Å². The van der Waals surface area contributed by atoms with Crippen LogP contribution in [0.1, 0.15) is 34.6 Å². The zero-order valence-corrected chi connectivity index (χ0v) is 17.5. The van der Waals surface area contributed by atoms with Crippen molar-refractivity contribution in [3.8, 4) is 0 Å². The van der Waals surface area contributed by atoms with Gasteiger partial charge in [-0.3, -0.25) is 9.11 Å². The van der Waals surface area contributed by atoms with Crippen LogP contribution in [0.15, 0.2) is 46.2 Å². The monoisotopic (exact) mass is 428 g/mol. The second-order valence-corrected chi connectivity index (χ2v) is 9.57. The second-order valence-electron chi connectivity index (χ2n) is 6.79. The largest absolute Gasteiger partial charge is 0.384 e. The van der Waals surface area contributed by atoms with E-state index in [9.17, 15) is 25.9 Å². The predicted octanol–water partition coefficient (Wildman–Crippen LogP) is 3.16. The van der Waals surface area contributed by atoms with Gasteiger partial charge in [0, 0.05) is 13.0 Å². The number of ether oxygens (including phenoxy) is 1. The number of hydrogen-bond acceptors (Lipinski definition) is 5. The fourth-order valence-electron chi connectivity index (χ4n) is 3.24. The predicted molar refractivity (Wildman–Crippen MR) is 105 cm³/mol. The Bertz CT molecular complexity index is 1060. The maximum absolute atomic E-state index is 11.8. The molecule has 0 aliphatic carbocycles. The number of methoxy groups -OCH3 is 1. The SMILES string of the molecule is COC[C@H](CCc1cc(C)ccc1S(=O)(=O)O)c1cc(C)ccc1S(=O)(=O)O. The molecule has 0 aliphatic heterocycles. The zero-order valence-electron chi connectivity index (χ0n) is 15.9. The van der Waals surface area contributed by atoms with Gasteiger partial charge in [-0.15, -0.1) is 0 Å². The summed E-state index contributed by atoms with van der Waals surface area (Å²) in [7, 11) is -7.33. The Hall–Kier alpha value is -1.78. The highest BCUT2D eigenvalue weighted by Crippen LogP contribution is 2.30. The van der Waals surface area contributed by atoms with E-state index in [1.165, 1.54) is 19.2 Å². The quantitative estimate of drug-likeness (QED) is 0.620. The van der Waals surface area contributed by atoms with Gasteiger partial charge in [-0.25, -0.2) is 0 Å². The minimum Gasteiger partial charge on any atom is -0.384 e. The normalized spacial score (nSPS) is 13.5. The van der Waals surface area contributed by atoms with Gasteiger partial charge in [0.15, 0.2) is 0 Å². The lowest BCUT2D eigenvalue weighted by molar-refractivity contribution is 0.175. The van der Waals surface area contributed by atoms with Crippen molar-refractivity contribution in [2.75, 3.05) is 13.7 Å². The third-order valence-electron chi connectivity index (χ3n) is 4.51. The molecule has 1 atom stereocenters. The van der Waals surface area contributed by atoms with Gasteiger partial charge in [-0.05, 0) is 49.9 Å². The smallest absolute Gasteiger partial charge is 0.294 e. The van der Waals surface area contributed by atoms with Gasteiger partial charge in [-0.1, -0.05) is 35.4 Å². The summed E-state index contributed by atoms with van der Waals surface area (Å²) in [6.45, 7) is 3.79. The Morgan fingerprint density at radius 1 is 0.893 bits per heavy atom. The summed E-state index contributed by atoms with van der Waals surface area (Å²) in [5.74, 6) is -0.406. The van der Waals surface area contributed by atoms with Crippen LogP contribution in [0, 0.1) is 13.8 Å². The first-order valence-corrected chi connectivity index (χ1v) is 11.5. The number of benzene rings is 2. The molecule has 28 heavy (non-hydrogen) atoms. The minimum atomic E-state index is -4.43. The van der Waals surface area contributed by atoms with Gasteiger partial charge >= 0.3 is 0 Å². The molecular weight excluding hydrogens is 404 g/mol. The average molecular weight is 429 g/mol. The van der Waals surface area contributed by atoms with Crippen LogP contribution in [-0.4, -0.2) is 39.7 Å². The summed E-state index contributed by atoms with van der Waals surface area (Å²) in [5.41, 5.74) is 2.49. The van der Waals surface area contributed by atoms with Crippen LogP contribution >= 0.6 is 0 Å². The summed E-state index contributed by atoms with van der Waals surface area (Å²) in [6.07, 6.45) is 0.621. The Morgan fingerprint density at radius 2 is 1.43 bits per heavy atom. The van der Waals surface area contributed by atoms with E-state index < -0.39 is 26.2 Å². The van der Waals surface area contributed by atoms with E-state index in [4.69, 9.17) is 4.74 Å². The highest BCUT2D eigenvalue weighted by molar-refractivity contribution is 7.86. The third-order valence-corrected chi connectivity index (χ3v) is 6.39. The molecule has 0 aliphatic rings. The second kappa shape index (κ2) is 8.71. The Balaban J connectivity index is 2.44. The molecule has 0 unspecified atom stereocenters. The maximum Gasteiger partial charge on any atom is 0.294 e. The van der Waals surface area contributed by atoms with E-state index in [0.29, 0.717) is 17.5 Å². The van der Waals surface area contributed by atoms with Crippen LogP contribution in [0.2, 0.25) is 0 Å². The number of hydrogen-bond donors (Lipinski definition) is 2. The molecular formula is C19H24O7S2. The van der Waals surface area contributed by atoms with Crippen molar-refractivity contribution >= 4 is 20.2 Å². The van der Waals surface area contributed by atoms with Crippen LogP contribution in [-0.2, 0) is 31.4 Å². The molecule has 154 valence electrons. The molecule has 2 aromatic carbocycles. The lowest BCUT2D eigenvalue weighted by Crippen LogP contribution is -2.14.